The summed E-state index contributed by atoms with van der Waals surface area (Å²) in [4.78, 5) is 12.2. The summed E-state index contributed by atoms with van der Waals surface area (Å²) in [6.07, 6.45) is -0.786. The second-order valence-electron chi connectivity index (χ2n) is 5.50. The molecule has 0 aliphatic carbocycles. The molecule has 0 aromatic heterocycles. The highest BCUT2D eigenvalue weighted by atomic mass is 32.2. The first-order valence-electron chi connectivity index (χ1n) is 7.71. The Labute approximate surface area is 141 Å². The summed E-state index contributed by atoms with van der Waals surface area (Å²) < 4.78 is 31.2. The fourth-order valence-electron chi connectivity index (χ4n) is 2.38. The molecule has 0 bridgehead atoms. The molecule has 0 radical (unpaired) electrons. The van der Waals surface area contributed by atoms with Gasteiger partial charge in [-0.15, -0.1) is 0 Å². The lowest BCUT2D eigenvalue weighted by molar-refractivity contribution is 0.0610. The van der Waals surface area contributed by atoms with E-state index in [1.165, 1.54) is 35.7 Å². The van der Waals surface area contributed by atoms with E-state index >= 15 is 0 Å². The summed E-state index contributed by atoms with van der Waals surface area (Å²) in [6.45, 7) is 2.31. The summed E-state index contributed by atoms with van der Waals surface area (Å²) in [5.41, 5.74) is 0.332. The molecule has 1 saturated heterocycles. The van der Waals surface area contributed by atoms with Crippen LogP contribution >= 0.6 is 0 Å². The summed E-state index contributed by atoms with van der Waals surface area (Å²) in [5.74, 6) is -0.378. The molecule has 9 heteroatoms. The lowest BCUT2D eigenvalue weighted by Crippen LogP contribution is -2.46. The fraction of sp³-hybridized carbons (Fsp3) is 0.533. The SMILES string of the molecule is COCC(O)CNC(=O)c1ccc(S(=O)(=O)N2CCNCC2)cc1. The van der Waals surface area contributed by atoms with Crippen LogP contribution in [0.1, 0.15) is 10.4 Å². The maximum atomic E-state index is 12.5. The number of aliphatic hydroxyl groups is 1. The van der Waals surface area contributed by atoms with Gasteiger partial charge in [-0.05, 0) is 24.3 Å². The van der Waals surface area contributed by atoms with E-state index < -0.39 is 16.1 Å². The van der Waals surface area contributed by atoms with Crippen molar-refractivity contribution in [1.82, 2.24) is 14.9 Å². The molecule has 0 saturated carbocycles. The van der Waals surface area contributed by atoms with E-state index in [0.717, 1.165) is 0 Å². The lowest BCUT2D eigenvalue weighted by atomic mass is 10.2. The number of benzene rings is 1. The summed E-state index contributed by atoms with van der Waals surface area (Å²) in [6, 6.07) is 5.79. The van der Waals surface area contributed by atoms with Crippen LogP contribution in [0.15, 0.2) is 29.2 Å². The van der Waals surface area contributed by atoms with Crippen molar-refractivity contribution in [3.63, 3.8) is 0 Å². The minimum atomic E-state index is -3.53. The predicted octanol–water partition coefficient (Wildman–Crippen LogP) is -0.982. The molecule has 3 N–H and O–H groups in total. The van der Waals surface area contributed by atoms with Gasteiger partial charge in [0.05, 0.1) is 17.6 Å². The van der Waals surface area contributed by atoms with E-state index in [2.05, 4.69) is 10.6 Å². The van der Waals surface area contributed by atoms with Gasteiger partial charge in [-0.3, -0.25) is 4.79 Å². The Hall–Kier alpha value is -1.52. The molecule has 1 atom stereocenters. The standard InChI is InChI=1S/C15H23N3O5S/c1-23-11-13(19)10-17-15(20)12-2-4-14(5-3-12)24(21,22)18-8-6-16-7-9-18/h2-5,13,16,19H,6-11H2,1H3,(H,17,20). The number of aliphatic hydroxyl groups excluding tert-OH is 1. The van der Waals surface area contributed by atoms with Gasteiger partial charge < -0.3 is 20.5 Å². The largest absolute Gasteiger partial charge is 0.389 e. The molecule has 8 nitrogen and oxygen atoms in total. The van der Waals surface area contributed by atoms with Crippen LogP contribution in [-0.4, -0.2) is 76.3 Å². The summed E-state index contributed by atoms with van der Waals surface area (Å²) >= 11 is 0. The number of piperazine rings is 1. The third-order valence-electron chi connectivity index (χ3n) is 3.69. The highest BCUT2D eigenvalue weighted by Gasteiger charge is 2.25. The smallest absolute Gasteiger partial charge is 0.251 e. The Morgan fingerprint density at radius 1 is 1.33 bits per heavy atom. The van der Waals surface area contributed by atoms with Gasteiger partial charge in [-0.25, -0.2) is 8.42 Å². The Morgan fingerprint density at radius 2 is 1.96 bits per heavy atom. The lowest BCUT2D eigenvalue weighted by Gasteiger charge is -2.26. The van der Waals surface area contributed by atoms with Crippen molar-refractivity contribution in [2.45, 2.75) is 11.0 Å². The van der Waals surface area contributed by atoms with E-state index in [1.807, 2.05) is 0 Å². The number of ether oxygens (including phenoxy) is 1. The van der Waals surface area contributed by atoms with Gasteiger partial charge in [0.2, 0.25) is 10.0 Å². The van der Waals surface area contributed by atoms with Crippen LogP contribution < -0.4 is 10.6 Å². The predicted molar refractivity (Wildman–Crippen MR) is 88.3 cm³/mol. The molecule has 1 aromatic carbocycles. The van der Waals surface area contributed by atoms with Crippen LogP contribution in [-0.2, 0) is 14.8 Å². The van der Waals surface area contributed by atoms with Gasteiger partial charge in [0, 0.05) is 45.4 Å². The van der Waals surface area contributed by atoms with Crippen LogP contribution in [0.4, 0.5) is 0 Å². The Bertz CT molecular complexity index is 642. The molecule has 1 amide bonds. The van der Waals surface area contributed by atoms with E-state index in [-0.39, 0.29) is 24.0 Å². The van der Waals surface area contributed by atoms with Crippen LogP contribution in [0.3, 0.4) is 0 Å². The Kier molecular flexibility index (Phi) is 6.69. The first-order chi connectivity index (χ1) is 11.4. The number of nitrogens with zero attached hydrogens (tertiary/aromatic N) is 1. The molecule has 2 rings (SSSR count). The Balaban J connectivity index is 2.00. The topological polar surface area (TPSA) is 108 Å². The molecule has 1 aliphatic heterocycles. The average Bonchev–Trinajstić information content (AvgIpc) is 2.61. The van der Waals surface area contributed by atoms with Crippen molar-refractivity contribution >= 4 is 15.9 Å². The van der Waals surface area contributed by atoms with Crippen LogP contribution in [0.25, 0.3) is 0 Å². The minimum Gasteiger partial charge on any atom is -0.389 e. The molecule has 1 aliphatic rings. The number of rotatable bonds is 7. The minimum absolute atomic E-state index is 0.0630. The number of methoxy groups -OCH3 is 1. The fourth-order valence-corrected chi connectivity index (χ4v) is 3.82. The number of carbonyl (C=O) groups is 1. The molecule has 1 unspecified atom stereocenters. The van der Waals surface area contributed by atoms with Crippen LogP contribution in [0.5, 0.6) is 0 Å². The zero-order chi connectivity index (χ0) is 17.6. The molecule has 134 valence electrons. The van der Waals surface area contributed by atoms with Gasteiger partial charge >= 0.3 is 0 Å². The quantitative estimate of drug-likeness (QED) is 0.579. The van der Waals surface area contributed by atoms with Crippen molar-refractivity contribution in [3.05, 3.63) is 29.8 Å². The normalized spacial score (nSPS) is 17.4. The van der Waals surface area contributed by atoms with Gasteiger partial charge in [0.25, 0.3) is 5.91 Å². The monoisotopic (exact) mass is 357 g/mol. The second kappa shape index (κ2) is 8.54. The highest BCUT2D eigenvalue weighted by Crippen LogP contribution is 2.17. The first kappa shape index (κ1) is 18.8. The number of hydrogen-bond acceptors (Lipinski definition) is 6. The van der Waals surface area contributed by atoms with Crippen molar-refractivity contribution in [3.8, 4) is 0 Å². The number of carbonyl (C=O) groups excluding carboxylic acids is 1. The van der Waals surface area contributed by atoms with Crippen molar-refractivity contribution < 1.29 is 23.1 Å². The molecule has 24 heavy (non-hydrogen) atoms. The molecule has 0 spiro atoms. The molecule has 1 fully saturated rings. The van der Waals surface area contributed by atoms with E-state index in [0.29, 0.717) is 31.7 Å². The molecule has 1 heterocycles. The number of nitrogens with one attached hydrogen (secondary N) is 2. The van der Waals surface area contributed by atoms with E-state index in [4.69, 9.17) is 4.74 Å². The van der Waals surface area contributed by atoms with E-state index in [9.17, 15) is 18.3 Å². The number of hydrogen-bond donors (Lipinski definition) is 3. The molecular formula is C15H23N3O5S. The molecule has 1 aromatic rings. The molecular weight excluding hydrogens is 334 g/mol. The van der Waals surface area contributed by atoms with Crippen molar-refractivity contribution in [2.75, 3.05) is 46.4 Å². The maximum absolute atomic E-state index is 12.5. The average molecular weight is 357 g/mol. The number of sulfonamides is 1. The van der Waals surface area contributed by atoms with Crippen LogP contribution in [0, 0.1) is 0 Å². The van der Waals surface area contributed by atoms with E-state index in [1.54, 1.807) is 0 Å². The van der Waals surface area contributed by atoms with Gasteiger partial charge in [-0.1, -0.05) is 0 Å². The third kappa shape index (κ3) is 4.74. The highest BCUT2D eigenvalue weighted by molar-refractivity contribution is 7.89. The summed E-state index contributed by atoms with van der Waals surface area (Å²) in [7, 11) is -2.07. The van der Waals surface area contributed by atoms with Crippen molar-refractivity contribution in [1.29, 1.82) is 0 Å². The third-order valence-corrected chi connectivity index (χ3v) is 5.60. The van der Waals surface area contributed by atoms with Crippen LogP contribution in [0.2, 0.25) is 0 Å². The summed E-state index contributed by atoms with van der Waals surface area (Å²) in [5, 5.41) is 15.2. The Morgan fingerprint density at radius 3 is 2.54 bits per heavy atom. The van der Waals surface area contributed by atoms with Crippen molar-refractivity contribution in [2.24, 2.45) is 0 Å². The zero-order valence-electron chi connectivity index (χ0n) is 13.6. The number of amides is 1. The van der Waals surface area contributed by atoms with Gasteiger partial charge in [-0.2, -0.15) is 4.31 Å². The first-order valence-corrected chi connectivity index (χ1v) is 9.15. The zero-order valence-corrected chi connectivity index (χ0v) is 14.4. The maximum Gasteiger partial charge on any atom is 0.251 e. The second-order valence-corrected chi connectivity index (χ2v) is 7.44. The van der Waals surface area contributed by atoms with Gasteiger partial charge in [0.1, 0.15) is 0 Å². The van der Waals surface area contributed by atoms with Gasteiger partial charge in [0.15, 0.2) is 0 Å².